The van der Waals surface area contributed by atoms with E-state index in [9.17, 15) is 23.1 Å². The maximum Gasteiger partial charge on any atom is 1.00 e. The monoisotopic (exact) mass is 273 g/mol. The Morgan fingerprint density at radius 1 is 1.41 bits per heavy atom. The normalized spacial score (nSPS) is 10.6. The summed E-state index contributed by atoms with van der Waals surface area (Å²) in [5.41, 5.74) is -0.920. The van der Waals surface area contributed by atoms with Gasteiger partial charge in [-0.2, -0.15) is 0 Å². The molecule has 0 amide bonds. The number of ether oxygens (including phenoxy) is 1. The quantitative estimate of drug-likeness (QED) is 0.423. The van der Waals surface area contributed by atoms with Crippen LogP contribution in [0.3, 0.4) is 0 Å². The first-order chi connectivity index (χ1) is 7.33. The van der Waals surface area contributed by atoms with E-state index < -0.39 is 23.9 Å². The largest absolute Gasteiger partial charge is 1.00 e. The molecule has 0 radical (unpaired) electrons. The number of rotatable bonds is 4. The van der Waals surface area contributed by atoms with Crippen molar-refractivity contribution in [3.05, 3.63) is 33.9 Å². The predicted molar refractivity (Wildman–Crippen MR) is 52.4 cm³/mol. The van der Waals surface area contributed by atoms with Crippen LogP contribution in [-0.2, 0) is 6.32 Å². The fourth-order valence-electron chi connectivity index (χ4n) is 1.26. The molecule has 88 valence electrons. The van der Waals surface area contributed by atoms with E-state index in [1.807, 2.05) is 0 Å². The molecular formula is C8H8BF3KNO3. The Hall–Kier alpha value is -0.0887. The van der Waals surface area contributed by atoms with Crippen LogP contribution in [0.15, 0.2) is 18.2 Å². The summed E-state index contributed by atoms with van der Waals surface area (Å²) >= 11 is 0. The van der Waals surface area contributed by atoms with E-state index in [1.165, 1.54) is 13.2 Å². The van der Waals surface area contributed by atoms with Crippen LogP contribution in [0.4, 0.5) is 18.6 Å². The first-order valence-corrected chi connectivity index (χ1v) is 4.36. The minimum Gasteiger partial charge on any atom is -0.497 e. The number of halogens is 3. The minimum atomic E-state index is -5.09. The molecule has 1 aromatic rings. The van der Waals surface area contributed by atoms with Crippen molar-refractivity contribution in [1.82, 2.24) is 0 Å². The zero-order valence-corrected chi connectivity index (χ0v) is 12.4. The number of nitro groups is 1. The third-order valence-corrected chi connectivity index (χ3v) is 1.94. The molecule has 0 saturated heterocycles. The Labute approximate surface area is 138 Å². The molecule has 0 heterocycles. The van der Waals surface area contributed by atoms with Crippen molar-refractivity contribution in [3.63, 3.8) is 0 Å². The summed E-state index contributed by atoms with van der Waals surface area (Å²) in [4.78, 5) is 9.72. The van der Waals surface area contributed by atoms with Crippen LogP contribution in [0.25, 0.3) is 0 Å². The summed E-state index contributed by atoms with van der Waals surface area (Å²) in [7, 11) is 1.28. The van der Waals surface area contributed by atoms with Crippen molar-refractivity contribution >= 4 is 12.7 Å². The Kier molecular flexibility index (Phi) is 6.70. The molecule has 0 aliphatic heterocycles. The molecule has 0 aliphatic rings. The summed E-state index contributed by atoms with van der Waals surface area (Å²) < 4.78 is 41.2. The number of nitro benzene ring substituents is 1. The zero-order valence-electron chi connectivity index (χ0n) is 9.32. The van der Waals surface area contributed by atoms with Crippen LogP contribution in [-0.4, -0.2) is 19.0 Å². The third-order valence-electron chi connectivity index (χ3n) is 1.94. The maximum atomic E-state index is 12.2. The average molecular weight is 273 g/mol. The Bertz CT molecular complexity index is 413. The van der Waals surface area contributed by atoms with Gasteiger partial charge in [-0.05, 0) is 6.07 Å². The van der Waals surface area contributed by atoms with Crippen molar-refractivity contribution in [3.8, 4) is 5.75 Å². The van der Waals surface area contributed by atoms with Gasteiger partial charge in [0.25, 0.3) is 5.69 Å². The number of hydrogen-bond acceptors (Lipinski definition) is 3. The standard InChI is InChI=1S/C8H8BF3NO3.K/c1-16-7-3-2-6(5-9(10,11)12)8(4-7)13(14)15;/h2-4H,5H2,1H3;/q-1;+1. The van der Waals surface area contributed by atoms with Crippen LogP contribution in [0.5, 0.6) is 5.75 Å². The van der Waals surface area contributed by atoms with Gasteiger partial charge in [0.15, 0.2) is 0 Å². The van der Waals surface area contributed by atoms with E-state index >= 15 is 0 Å². The summed E-state index contributed by atoms with van der Waals surface area (Å²) in [6.45, 7) is -5.09. The summed E-state index contributed by atoms with van der Waals surface area (Å²) in [6, 6.07) is 3.31. The molecule has 0 unspecified atom stereocenters. The molecule has 0 aromatic heterocycles. The van der Waals surface area contributed by atoms with E-state index in [4.69, 9.17) is 4.74 Å². The molecule has 0 bridgehead atoms. The van der Waals surface area contributed by atoms with Gasteiger partial charge >= 0.3 is 58.4 Å². The molecule has 0 aliphatic carbocycles. The molecule has 0 fully saturated rings. The summed E-state index contributed by atoms with van der Waals surface area (Å²) in [5.74, 6) is 0.158. The summed E-state index contributed by atoms with van der Waals surface area (Å²) in [5, 5.41) is 10.6. The second kappa shape index (κ2) is 6.74. The Balaban J connectivity index is 0.00000256. The van der Waals surface area contributed by atoms with Gasteiger partial charge in [0.05, 0.1) is 18.1 Å². The van der Waals surface area contributed by atoms with Crippen LogP contribution >= 0.6 is 0 Å². The minimum absolute atomic E-state index is 0. The van der Waals surface area contributed by atoms with Gasteiger partial charge in [-0.1, -0.05) is 12.4 Å². The molecule has 1 rings (SSSR count). The smallest absolute Gasteiger partial charge is 0.497 e. The van der Waals surface area contributed by atoms with Gasteiger partial charge < -0.3 is 17.7 Å². The average Bonchev–Trinajstić information content (AvgIpc) is 2.15. The Morgan fingerprint density at radius 3 is 2.41 bits per heavy atom. The molecule has 9 heteroatoms. The molecular weight excluding hydrogens is 265 g/mol. The summed E-state index contributed by atoms with van der Waals surface area (Å²) in [6.07, 6.45) is -1.26. The molecule has 0 atom stereocenters. The second-order valence-electron chi connectivity index (χ2n) is 3.17. The molecule has 4 nitrogen and oxygen atoms in total. The number of methoxy groups -OCH3 is 1. The Morgan fingerprint density at radius 2 is 2.00 bits per heavy atom. The van der Waals surface area contributed by atoms with Crippen molar-refractivity contribution < 1.29 is 74.0 Å². The second-order valence-corrected chi connectivity index (χ2v) is 3.17. The van der Waals surface area contributed by atoms with Crippen LogP contribution in [0, 0.1) is 10.1 Å². The van der Waals surface area contributed by atoms with Gasteiger partial charge in [0.1, 0.15) is 5.75 Å². The number of nitrogens with zero attached hydrogens (tertiary/aromatic N) is 1. The fraction of sp³-hybridized carbons (Fsp3) is 0.250. The van der Waals surface area contributed by atoms with E-state index in [1.54, 1.807) is 0 Å². The number of hydrogen-bond donors (Lipinski definition) is 0. The van der Waals surface area contributed by atoms with Gasteiger partial charge in [0.2, 0.25) is 0 Å². The van der Waals surface area contributed by atoms with E-state index in [-0.39, 0.29) is 62.7 Å². The van der Waals surface area contributed by atoms with Crippen LogP contribution < -0.4 is 56.1 Å². The van der Waals surface area contributed by atoms with Crippen LogP contribution in [0.2, 0.25) is 0 Å². The first kappa shape index (κ1) is 16.9. The zero-order chi connectivity index (χ0) is 12.3. The third kappa shape index (κ3) is 5.39. The van der Waals surface area contributed by atoms with Crippen molar-refractivity contribution in [2.75, 3.05) is 7.11 Å². The van der Waals surface area contributed by atoms with E-state index in [0.29, 0.717) is 0 Å². The van der Waals surface area contributed by atoms with Crippen LogP contribution in [0.1, 0.15) is 5.56 Å². The molecule has 0 saturated carbocycles. The van der Waals surface area contributed by atoms with Gasteiger partial charge in [-0.25, -0.2) is 0 Å². The predicted octanol–water partition coefficient (Wildman–Crippen LogP) is -0.464. The molecule has 17 heavy (non-hydrogen) atoms. The molecule has 0 N–H and O–H groups in total. The van der Waals surface area contributed by atoms with Gasteiger partial charge in [-0.3, -0.25) is 10.1 Å². The van der Waals surface area contributed by atoms with Gasteiger partial charge in [-0.15, -0.1) is 0 Å². The van der Waals surface area contributed by atoms with E-state index in [2.05, 4.69) is 0 Å². The molecule has 0 spiro atoms. The van der Waals surface area contributed by atoms with Crippen molar-refractivity contribution in [2.45, 2.75) is 6.32 Å². The molecule has 1 aromatic carbocycles. The van der Waals surface area contributed by atoms with E-state index in [0.717, 1.165) is 12.1 Å². The topological polar surface area (TPSA) is 52.4 Å². The van der Waals surface area contributed by atoms with Crippen molar-refractivity contribution in [2.24, 2.45) is 0 Å². The first-order valence-electron chi connectivity index (χ1n) is 4.36. The maximum absolute atomic E-state index is 12.2. The SMILES string of the molecule is COc1ccc(C[B-](F)(F)F)c([N+](=O)[O-])c1.[K+]. The number of benzene rings is 1. The van der Waals surface area contributed by atoms with Gasteiger partial charge in [0, 0.05) is 5.56 Å². The van der Waals surface area contributed by atoms with Crippen molar-refractivity contribution in [1.29, 1.82) is 0 Å². The fourth-order valence-corrected chi connectivity index (χ4v) is 1.26.